The average molecular weight is 697 g/mol. The second-order valence-electron chi connectivity index (χ2n) is 10.8. The molecule has 0 amide bonds. The third kappa shape index (κ3) is 7.36. The minimum absolute atomic E-state index is 0.414. The van der Waals surface area contributed by atoms with Gasteiger partial charge in [-0.1, -0.05) is 34.1 Å². The molecule has 236 valence electrons. The van der Waals surface area contributed by atoms with Crippen LogP contribution < -0.4 is 5.46 Å². The Labute approximate surface area is 285 Å². The van der Waals surface area contributed by atoms with Crippen LogP contribution in [0, 0.1) is 13.8 Å². The first-order valence-electron chi connectivity index (χ1n) is 15.0. The largest absolute Gasteiger partial charge is 0.490 e. The topological polar surface area (TPSA) is 128 Å². The molecule has 0 radical (unpaired) electrons. The van der Waals surface area contributed by atoms with Gasteiger partial charge in [0.15, 0.2) is 0 Å². The highest BCUT2D eigenvalue weighted by atomic mass is 79.9. The molecule has 0 spiro atoms. The van der Waals surface area contributed by atoms with E-state index in [1.54, 1.807) is 36.9 Å². The van der Waals surface area contributed by atoms with Crippen LogP contribution in [0.15, 0.2) is 139 Å². The van der Waals surface area contributed by atoms with Crippen LogP contribution in [0.3, 0.4) is 0 Å². The summed E-state index contributed by atoms with van der Waals surface area (Å²) in [6.07, 6.45) is 17.7. The third-order valence-corrected chi connectivity index (χ3v) is 8.05. The van der Waals surface area contributed by atoms with Gasteiger partial charge in [0, 0.05) is 63.5 Å². The first-order valence-corrected chi connectivity index (χ1v) is 15.8. The van der Waals surface area contributed by atoms with E-state index < -0.39 is 7.12 Å². The first-order chi connectivity index (χ1) is 23.4. The molecule has 2 aromatic carbocycles. The molecule has 0 saturated heterocycles. The van der Waals surface area contributed by atoms with Gasteiger partial charge in [-0.15, -0.1) is 0 Å². The van der Waals surface area contributed by atoms with Gasteiger partial charge in [-0.05, 0) is 85.1 Å². The number of aromatic nitrogens is 8. The summed E-state index contributed by atoms with van der Waals surface area (Å²) in [5.74, 6) is 0. The summed E-state index contributed by atoms with van der Waals surface area (Å²) in [5.41, 5.74) is 9.16. The fourth-order valence-electron chi connectivity index (χ4n) is 5.02. The maximum atomic E-state index is 8.54. The molecule has 0 aliphatic heterocycles. The summed E-state index contributed by atoms with van der Waals surface area (Å²) < 4.78 is 4.92. The lowest BCUT2D eigenvalue weighted by Crippen LogP contribution is -2.29. The van der Waals surface area contributed by atoms with E-state index in [1.807, 2.05) is 64.6 Å². The fourth-order valence-corrected chi connectivity index (χ4v) is 5.40. The van der Waals surface area contributed by atoms with E-state index in [4.69, 9.17) is 10.0 Å². The zero-order valence-electron chi connectivity index (χ0n) is 26.1. The number of fused-ring (bicyclic) bond motifs is 2. The predicted molar refractivity (Wildman–Crippen MR) is 192 cm³/mol. The van der Waals surface area contributed by atoms with Crippen LogP contribution in [0.1, 0.15) is 11.1 Å². The normalized spacial score (nSPS) is 10.6. The Balaban J connectivity index is 0.000000137. The highest BCUT2D eigenvalue weighted by Gasteiger charge is 2.10. The van der Waals surface area contributed by atoms with Crippen LogP contribution >= 0.6 is 15.9 Å². The summed E-state index contributed by atoms with van der Waals surface area (Å²) in [6.45, 7) is 4.12. The van der Waals surface area contributed by atoms with Crippen LogP contribution in [0.5, 0.6) is 0 Å². The van der Waals surface area contributed by atoms with Gasteiger partial charge in [-0.3, -0.25) is 19.9 Å². The van der Waals surface area contributed by atoms with E-state index in [1.165, 1.54) is 6.20 Å². The lowest BCUT2D eigenvalue weighted by Gasteiger charge is -2.07. The van der Waals surface area contributed by atoms with Crippen molar-refractivity contribution in [2.24, 2.45) is 0 Å². The van der Waals surface area contributed by atoms with Crippen molar-refractivity contribution in [3.8, 4) is 22.5 Å². The Morgan fingerprint density at radius 2 is 1.12 bits per heavy atom. The summed E-state index contributed by atoms with van der Waals surface area (Å²) in [6, 6.07) is 23.7. The van der Waals surface area contributed by atoms with Crippen molar-refractivity contribution < 1.29 is 10.0 Å². The van der Waals surface area contributed by atoms with Crippen LogP contribution in [0.4, 0.5) is 0 Å². The van der Waals surface area contributed by atoms with Crippen molar-refractivity contribution in [1.29, 1.82) is 0 Å². The second kappa shape index (κ2) is 14.9. The zero-order chi connectivity index (χ0) is 33.5. The summed E-state index contributed by atoms with van der Waals surface area (Å²) in [4.78, 5) is 16.2. The molecule has 8 aromatic rings. The molecule has 0 aliphatic rings. The molecule has 0 bridgehead atoms. The SMILES string of the molecule is Cc1ccncc1-n1ncc2cc(-c3cccnc3)ccc21.Cc1ccncc1-n1ncc2cc(Br)ccc21.OB(O)c1cccnc1. The summed E-state index contributed by atoms with van der Waals surface area (Å²) >= 11 is 3.46. The predicted octanol–water partition coefficient (Wildman–Crippen LogP) is 6.04. The molecule has 0 fully saturated rings. The Kier molecular flexibility index (Phi) is 10.1. The molecule has 48 heavy (non-hydrogen) atoms. The Morgan fingerprint density at radius 3 is 1.65 bits per heavy atom. The summed E-state index contributed by atoms with van der Waals surface area (Å²) in [5, 5.41) is 28.2. The van der Waals surface area contributed by atoms with E-state index >= 15 is 0 Å². The molecule has 8 rings (SSSR count). The van der Waals surface area contributed by atoms with Crippen LogP contribution in [0.2, 0.25) is 0 Å². The maximum Gasteiger partial charge on any atom is 0.490 e. The van der Waals surface area contributed by atoms with E-state index in [2.05, 4.69) is 96.3 Å². The Morgan fingerprint density at radius 1 is 0.562 bits per heavy atom. The van der Waals surface area contributed by atoms with Gasteiger partial charge in [0.1, 0.15) is 0 Å². The first kappa shape index (κ1) is 32.4. The van der Waals surface area contributed by atoms with Gasteiger partial charge in [-0.25, -0.2) is 9.36 Å². The number of rotatable bonds is 4. The molecular weight excluding hydrogens is 667 g/mol. The van der Waals surface area contributed by atoms with Crippen molar-refractivity contribution in [2.45, 2.75) is 13.8 Å². The molecule has 10 nitrogen and oxygen atoms in total. The van der Waals surface area contributed by atoms with Gasteiger partial charge in [0.05, 0.1) is 47.2 Å². The molecule has 0 atom stereocenters. The van der Waals surface area contributed by atoms with Gasteiger partial charge in [-0.2, -0.15) is 10.2 Å². The average Bonchev–Trinajstić information content (AvgIpc) is 3.74. The molecule has 0 unspecified atom stereocenters. The van der Waals surface area contributed by atoms with Crippen LogP contribution in [-0.2, 0) is 0 Å². The van der Waals surface area contributed by atoms with Gasteiger partial charge in [0.2, 0.25) is 0 Å². The van der Waals surface area contributed by atoms with Gasteiger partial charge >= 0.3 is 7.12 Å². The quantitative estimate of drug-likeness (QED) is 0.213. The molecular formula is C36H30BBrN8O2. The molecule has 6 heterocycles. The van der Waals surface area contributed by atoms with E-state index in [9.17, 15) is 0 Å². The zero-order valence-corrected chi connectivity index (χ0v) is 27.7. The molecule has 6 aromatic heterocycles. The van der Waals surface area contributed by atoms with Crippen molar-refractivity contribution in [1.82, 2.24) is 39.5 Å². The van der Waals surface area contributed by atoms with Crippen molar-refractivity contribution in [3.05, 3.63) is 150 Å². The fraction of sp³-hybridized carbons (Fsp3) is 0.0556. The van der Waals surface area contributed by atoms with Crippen molar-refractivity contribution in [2.75, 3.05) is 0 Å². The van der Waals surface area contributed by atoms with Gasteiger partial charge in [0.25, 0.3) is 0 Å². The maximum absolute atomic E-state index is 8.54. The Bertz CT molecular complexity index is 2280. The van der Waals surface area contributed by atoms with Gasteiger partial charge < -0.3 is 10.0 Å². The number of nitrogens with zero attached hydrogens (tertiary/aromatic N) is 8. The molecule has 2 N–H and O–H groups in total. The number of pyridine rings is 4. The van der Waals surface area contributed by atoms with Crippen LogP contribution in [0.25, 0.3) is 44.3 Å². The highest BCUT2D eigenvalue weighted by Crippen LogP contribution is 2.26. The lowest BCUT2D eigenvalue weighted by atomic mass is 9.82. The monoisotopic (exact) mass is 696 g/mol. The van der Waals surface area contributed by atoms with E-state index in [0.29, 0.717) is 5.46 Å². The standard InChI is InChI=1S/C18H14N4.C13H10BrN3.C5H6BNO2/c1-13-6-8-20-12-18(13)22-17-5-4-14(9-16(17)11-21-22)15-3-2-7-19-10-15;1-9-4-5-15-8-13(9)17-12-3-2-11(14)6-10(12)7-16-17;8-6(9)5-2-1-3-7-4-5/h2-12H,1H3;2-8H,1H3;1-4,8-9H. The Hall–Kier alpha value is -5.56. The highest BCUT2D eigenvalue weighted by molar-refractivity contribution is 9.10. The lowest BCUT2D eigenvalue weighted by molar-refractivity contribution is 0.425. The number of hydrogen-bond donors (Lipinski definition) is 2. The molecule has 12 heteroatoms. The number of benzene rings is 2. The van der Waals surface area contributed by atoms with E-state index in [-0.39, 0.29) is 0 Å². The van der Waals surface area contributed by atoms with Crippen molar-refractivity contribution in [3.63, 3.8) is 0 Å². The molecule has 0 saturated carbocycles. The van der Waals surface area contributed by atoms with Crippen LogP contribution in [-0.4, -0.2) is 56.7 Å². The minimum atomic E-state index is -1.40. The smallest absolute Gasteiger partial charge is 0.423 e. The van der Waals surface area contributed by atoms with Crippen molar-refractivity contribution >= 4 is 50.3 Å². The number of hydrogen-bond acceptors (Lipinski definition) is 8. The summed E-state index contributed by atoms with van der Waals surface area (Å²) in [7, 11) is -1.40. The molecule has 0 aliphatic carbocycles. The minimum Gasteiger partial charge on any atom is -0.423 e. The second-order valence-corrected chi connectivity index (χ2v) is 11.7. The number of aryl methyl sites for hydroxylation is 2. The third-order valence-electron chi connectivity index (χ3n) is 7.55. The van der Waals surface area contributed by atoms with E-state index in [0.717, 1.165) is 59.9 Å². The number of halogens is 1.